The van der Waals surface area contributed by atoms with Gasteiger partial charge in [0.05, 0.1) is 32.4 Å². The van der Waals surface area contributed by atoms with Crippen LogP contribution in [0.1, 0.15) is 68.2 Å². The van der Waals surface area contributed by atoms with Crippen molar-refractivity contribution in [3.05, 3.63) is 52.2 Å². The van der Waals surface area contributed by atoms with Crippen molar-refractivity contribution in [3.63, 3.8) is 0 Å². The Morgan fingerprint density at radius 3 is 2.03 bits per heavy atom. The molecule has 3 fully saturated rings. The van der Waals surface area contributed by atoms with E-state index in [0.29, 0.717) is 42.7 Å². The molecule has 4 heterocycles. The van der Waals surface area contributed by atoms with Crippen molar-refractivity contribution in [1.29, 1.82) is 0 Å². The number of carboxylic acids is 1. The normalized spacial score (nSPS) is 20.0. The van der Waals surface area contributed by atoms with E-state index in [9.17, 15) is 53.7 Å². The second-order valence-corrected chi connectivity index (χ2v) is 20.2. The zero-order valence-electron chi connectivity index (χ0n) is 43.2. The van der Waals surface area contributed by atoms with Gasteiger partial charge in [0.25, 0.3) is 0 Å². The molecule has 2 aromatic rings. The molecule has 0 spiro atoms. The first-order valence-corrected chi connectivity index (χ1v) is 26.5. The Morgan fingerprint density at radius 1 is 0.779 bits per heavy atom. The van der Waals surface area contributed by atoms with E-state index in [1.807, 2.05) is 12.1 Å². The Labute approximate surface area is 450 Å². The first-order chi connectivity index (χ1) is 36.8. The number of aliphatic hydroxyl groups excluding tert-OH is 2. The van der Waals surface area contributed by atoms with E-state index >= 15 is 0 Å². The number of benzene rings is 1. The average Bonchev–Trinajstić information content (AvgIpc) is 4.27. The zero-order chi connectivity index (χ0) is 56.2. The molecule has 28 heteroatoms. The van der Waals surface area contributed by atoms with Crippen molar-refractivity contribution in [3.8, 4) is 5.75 Å². The Kier molecular flexibility index (Phi) is 23.6. The second-order valence-electron chi connectivity index (χ2n) is 19.2. The summed E-state index contributed by atoms with van der Waals surface area (Å²) >= 11 is 1.31. The van der Waals surface area contributed by atoms with Gasteiger partial charge in [0.1, 0.15) is 42.0 Å². The van der Waals surface area contributed by atoms with Crippen LogP contribution >= 0.6 is 11.3 Å². The number of carbonyl (C=O) groups excluding carboxylic acids is 7. The van der Waals surface area contributed by atoms with Crippen molar-refractivity contribution in [2.45, 2.75) is 125 Å². The number of amides is 7. The van der Waals surface area contributed by atoms with Crippen molar-refractivity contribution in [2.24, 2.45) is 38.7 Å². The topological polar surface area (TPSA) is 431 Å². The number of carbonyl (C=O) groups is 8. The summed E-state index contributed by atoms with van der Waals surface area (Å²) in [6.45, 7) is -0.835. The van der Waals surface area contributed by atoms with E-state index in [2.05, 4.69) is 36.6 Å². The molecule has 1 aromatic carbocycles. The summed E-state index contributed by atoms with van der Waals surface area (Å²) in [5.41, 5.74) is 28.6. The number of ether oxygens (including phenoxy) is 1. The minimum Gasteiger partial charge on any atom is -0.497 e. The van der Waals surface area contributed by atoms with Gasteiger partial charge in [-0.25, -0.2) is 0 Å². The fourth-order valence-corrected chi connectivity index (χ4v) is 10.3. The maximum atomic E-state index is 14.1. The number of guanidine groups is 2. The van der Waals surface area contributed by atoms with Crippen LogP contribution in [0, 0.1) is 0 Å². The van der Waals surface area contributed by atoms with Gasteiger partial charge in [0, 0.05) is 63.0 Å². The third kappa shape index (κ3) is 18.3. The van der Waals surface area contributed by atoms with Crippen LogP contribution in [0.4, 0.5) is 0 Å². The Hall–Kier alpha value is -7.14. The molecule has 1 aromatic heterocycles. The quantitative estimate of drug-likeness (QED) is 0.0208. The van der Waals surface area contributed by atoms with E-state index in [-0.39, 0.29) is 89.7 Å². The monoisotopic (exact) mass is 1100 g/mol. The summed E-state index contributed by atoms with van der Waals surface area (Å²) in [7, 11) is 1.53. The third-order valence-electron chi connectivity index (χ3n) is 13.5. The highest BCUT2D eigenvalue weighted by Crippen LogP contribution is 2.27. The lowest BCUT2D eigenvalue weighted by Crippen LogP contribution is -2.58. The summed E-state index contributed by atoms with van der Waals surface area (Å²) in [6.07, 6.45) is 1.76. The molecular weight excluding hydrogens is 1020 g/mol. The molecule has 3 aliphatic heterocycles. The molecule has 3 saturated heterocycles. The van der Waals surface area contributed by atoms with E-state index < -0.39 is 115 Å². The van der Waals surface area contributed by atoms with Crippen molar-refractivity contribution in [1.82, 2.24) is 41.3 Å². The van der Waals surface area contributed by atoms with Crippen LogP contribution in [-0.2, 0) is 51.2 Å². The first kappa shape index (κ1) is 60.7. The van der Waals surface area contributed by atoms with Crippen molar-refractivity contribution in [2.75, 3.05) is 59.5 Å². The van der Waals surface area contributed by atoms with Crippen LogP contribution in [0.15, 0.2) is 51.8 Å². The lowest BCUT2D eigenvalue weighted by Gasteiger charge is -2.32. The third-order valence-corrected chi connectivity index (χ3v) is 14.4. The summed E-state index contributed by atoms with van der Waals surface area (Å²) in [5.74, 6) is -5.39. The highest BCUT2D eigenvalue weighted by Gasteiger charge is 2.46. The highest BCUT2D eigenvalue weighted by molar-refractivity contribution is 7.09. The highest BCUT2D eigenvalue weighted by atomic mass is 32.1. The van der Waals surface area contributed by atoms with Gasteiger partial charge in [-0.3, -0.25) is 48.3 Å². The summed E-state index contributed by atoms with van der Waals surface area (Å²) < 4.78 is 5.27. The van der Waals surface area contributed by atoms with Crippen LogP contribution in [-0.4, -0.2) is 203 Å². The molecule has 0 bridgehead atoms. The van der Waals surface area contributed by atoms with Gasteiger partial charge in [-0.05, 0) is 86.9 Å². The maximum absolute atomic E-state index is 14.1. The van der Waals surface area contributed by atoms with Gasteiger partial charge < -0.3 is 90.0 Å². The van der Waals surface area contributed by atoms with E-state index in [1.165, 1.54) is 33.1 Å². The molecule has 7 amide bonds. The second kappa shape index (κ2) is 30.0. The fourth-order valence-electron chi connectivity index (χ4n) is 9.59. The van der Waals surface area contributed by atoms with Gasteiger partial charge in [0.2, 0.25) is 41.4 Å². The standard InChI is InChI=1S/C49H75N15O12S/c1-76-31-14-12-28(13-15-31)21-29(24-57-34(47(74)75)9-3-17-56-49(53)54)59-42(69)37-10-4-18-62(37)45(72)36(27-65)60-40(67)25-58-41(68)35(23-32-7-6-20-77-32)61-43(70)39-22-30(66)26-64(39)46(73)38-11-5-19-63(38)44(71)33(50)8-2-16-55-48(51)52/h6-7,12-15,20,29-30,33-39,57,65-66H,2-5,8-11,16-19,21-27,50H2,1H3,(H,58,68)(H,59,69)(H,60,67)(H,61,70)(H,74,75)(H4,51,52,55)(H4,53,54,56)/t29?,30-,33-,34-,35-,36-,37-,38-,39-/m0/s1. The number of hydrogen-bond acceptors (Lipinski definition) is 16. The molecule has 3 aliphatic rings. The summed E-state index contributed by atoms with van der Waals surface area (Å²) in [6, 6.07) is 2.07. The lowest BCUT2D eigenvalue weighted by molar-refractivity contribution is -0.147. The first-order valence-electron chi connectivity index (χ1n) is 25.7. The number of rotatable bonds is 29. The number of thiophene rings is 1. The Morgan fingerprint density at radius 2 is 1.42 bits per heavy atom. The molecule has 5 rings (SSSR count). The minimum absolute atomic E-state index is 0.0138. The molecular formula is C49H75N15O12S. The van der Waals surface area contributed by atoms with Crippen molar-refractivity contribution >= 4 is 70.6 Å². The number of carboxylic acid groups (broad SMARTS) is 1. The van der Waals surface area contributed by atoms with Crippen LogP contribution in [0.3, 0.4) is 0 Å². The maximum Gasteiger partial charge on any atom is 0.320 e. The molecule has 9 atom stereocenters. The minimum atomic E-state index is -1.52. The molecule has 0 aliphatic carbocycles. The van der Waals surface area contributed by atoms with Gasteiger partial charge in [-0.1, -0.05) is 18.2 Å². The smallest absolute Gasteiger partial charge is 0.320 e. The van der Waals surface area contributed by atoms with Crippen LogP contribution in [0.2, 0.25) is 0 Å². The summed E-state index contributed by atoms with van der Waals surface area (Å²) in [5, 5.41) is 46.4. The number of nitrogens with two attached hydrogens (primary N) is 5. The molecule has 1 unspecified atom stereocenters. The number of aliphatic carboxylic acids is 1. The number of methoxy groups -OCH3 is 1. The number of likely N-dealkylation sites (tertiary alicyclic amines) is 3. The van der Waals surface area contributed by atoms with Gasteiger partial charge in [-0.2, -0.15) is 0 Å². The van der Waals surface area contributed by atoms with Crippen molar-refractivity contribution < 1.29 is 58.4 Å². The van der Waals surface area contributed by atoms with E-state index in [1.54, 1.807) is 29.6 Å². The van der Waals surface area contributed by atoms with Crippen LogP contribution in [0.5, 0.6) is 5.75 Å². The predicted octanol–water partition coefficient (Wildman–Crippen LogP) is -4.47. The van der Waals surface area contributed by atoms with Crippen LogP contribution in [0.25, 0.3) is 0 Å². The van der Waals surface area contributed by atoms with E-state index in [4.69, 9.17) is 33.4 Å². The molecule has 18 N–H and O–H groups in total. The lowest BCUT2D eigenvalue weighted by atomic mass is 10.0. The number of hydrogen-bond donors (Lipinski definition) is 13. The Bertz CT molecular complexity index is 2390. The largest absolute Gasteiger partial charge is 0.497 e. The van der Waals surface area contributed by atoms with Gasteiger partial charge in [0.15, 0.2) is 11.9 Å². The SMILES string of the molecule is COc1ccc(CC(CN[C@@H](CCCN=C(N)N)C(=O)O)NC(=O)[C@@H]2CCCN2C(=O)[C@H](CO)NC(=O)CNC(=O)[C@H](Cc2cccs2)NC(=O)[C@@H]2C[C@H](O)CN2C(=O)[C@@H]2CCCN2C(=O)[C@@H](N)CCCN=C(N)N)cc1. The summed E-state index contributed by atoms with van der Waals surface area (Å²) in [4.78, 5) is 121. The predicted molar refractivity (Wildman–Crippen MR) is 283 cm³/mol. The number of aliphatic hydroxyl groups is 2. The fraction of sp³-hybridized carbons (Fsp3) is 0.592. The molecule has 0 radical (unpaired) electrons. The molecule has 0 saturated carbocycles. The van der Waals surface area contributed by atoms with Gasteiger partial charge in [-0.15, -0.1) is 11.3 Å². The van der Waals surface area contributed by atoms with E-state index in [0.717, 1.165) is 5.56 Å². The van der Waals surface area contributed by atoms with Crippen LogP contribution < -0.4 is 60.0 Å². The molecule has 27 nitrogen and oxygen atoms in total. The van der Waals surface area contributed by atoms with Gasteiger partial charge >= 0.3 is 5.97 Å². The number of nitrogens with one attached hydrogen (secondary N) is 5. The molecule has 424 valence electrons. The molecule has 77 heavy (non-hydrogen) atoms. The average molecular weight is 1100 g/mol. The number of β-amino-alcohol motifs (C(OH)–C–C–N with tert-alkyl or cyclic N) is 1. The number of nitrogens with zero attached hydrogens (tertiary/aromatic N) is 5. The Balaban J connectivity index is 1.19. The zero-order valence-corrected chi connectivity index (χ0v) is 44.0. The number of aliphatic imine (C=N–C) groups is 2.